The first kappa shape index (κ1) is 26.0. The van der Waals surface area contributed by atoms with Crippen LogP contribution < -0.4 is 4.72 Å². The first-order valence-electron chi connectivity index (χ1n) is 11.4. The van der Waals surface area contributed by atoms with Crippen LogP contribution >= 0.6 is 0 Å². The number of rotatable bonds is 9. The Bertz CT molecular complexity index is 1550. The van der Waals surface area contributed by atoms with Gasteiger partial charge in [0.15, 0.2) is 6.61 Å². The van der Waals surface area contributed by atoms with Gasteiger partial charge in [-0.15, -0.1) is 0 Å². The molecule has 4 aromatic rings. The third-order valence-corrected chi connectivity index (χ3v) is 7.24. The van der Waals surface area contributed by atoms with Crippen LogP contribution in [0.15, 0.2) is 89.8 Å². The van der Waals surface area contributed by atoms with Crippen molar-refractivity contribution in [3.8, 4) is 5.69 Å². The van der Waals surface area contributed by atoms with Gasteiger partial charge in [-0.3, -0.25) is 4.79 Å². The van der Waals surface area contributed by atoms with Gasteiger partial charge in [-0.1, -0.05) is 36.4 Å². The SMILES string of the molecule is Cc1cc(C(=O)COC(=O)c2cccc(S(=O)(=O)NCc3ccccc3)c2)c(C)n1-c1ccc(F)cc1. The molecule has 0 aliphatic rings. The summed E-state index contributed by atoms with van der Waals surface area (Å²) >= 11 is 0. The van der Waals surface area contributed by atoms with Crippen molar-refractivity contribution in [2.45, 2.75) is 25.3 Å². The van der Waals surface area contributed by atoms with Gasteiger partial charge in [-0.2, -0.15) is 0 Å². The smallest absolute Gasteiger partial charge is 0.338 e. The molecule has 0 amide bonds. The third kappa shape index (κ3) is 6.02. The van der Waals surface area contributed by atoms with Gasteiger partial charge in [0.1, 0.15) is 5.82 Å². The monoisotopic (exact) mass is 520 g/mol. The fourth-order valence-electron chi connectivity index (χ4n) is 3.97. The minimum atomic E-state index is -3.88. The summed E-state index contributed by atoms with van der Waals surface area (Å²) in [5.74, 6) is -1.60. The molecule has 0 spiro atoms. The lowest BCUT2D eigenvalue weighted by Gasteiger charge is -2.10. The highest BCUT2D eigenvalue weighted by molar-refractivity contribution is 7.89. The van der Waals surface area contributed by atoms with E-state index < -0.39 is 28.4 Å². The molecule has 7 nitrogen and oxygen atoms in total. The minimum absolute atomic E-state index is 0.00664. The van der Waals surface area contributed by atoms with Gasteiger partial charge < -0.3 is 9.30 Å². The molecule has 0 bridgehead atoms. The molecule has 1 N–H and O–H groups in total. The Morgan fingerprint density at radius 2 is 1.62 bits per heavy atom. The van der Waals surface area contributed by atoms with Crippen molar-refractivity contribution in [1.82, 2.24) is 9.29 Å². The Morgan fingerprint density at radius 1 is 0.919 bits per heavy atom. The van der Waals surface area contributed by atoms with Gasteiger partial charge in [0.2, 0.25) is 15.8 Å². The third-order valence-electron chi connectivity index (χ3n) is 5.84. The van der Waals surface area contributed by atoms with Crippen molar-refractivity contribution < 1.29 is 27.1 Å². The summed E-state index contributed by atoms with van der Waals surface area (Å²) in [4.78, 5) is 25.4. The molecule has 4 rings (SSSR count). The van der Waals surface area contributed by atoms with E-state index in [0.717, 1.165) is 11.3 Å². The summed E-state index contributed by atoms with van der Waals surface area (Å²) in [6, 6.07) is 22.1. The Hall–Kier alpha value is -4.08. The second-order valence-corrected chi connectivity index (χ2v) is 10.2. The number of hydrogen-bond donors (Lipinski definition) is 1. The standard InChI is InChI=1S/C28H25FN2O5S/c1-19-15-26(20(2)31(19)24-13-11-23(29)12-14-24)27(32)18-36-28(33)22-9-6-10-25(16-22)37(34,35)30-17-21-7-4-3-5-8-21/h3-16,30H,17-18H2,1-2H3. The number of nitrogens with one attached hydrogen (secondary N) is 1. The molecule has 37 heavy (non-hydrogen) atoms. The van der Waals surface area contributed by atoms with Crippen LogP contribution in [0.25, 0.3) is 5.69 Å². The van der Waals surface area contributed by atoms with Gasteiger partial charge in [0.05, 0.1) is 10.5 Å². The molecular formula is C28H25FN2O5S. The molecule has 1 aromatic heterocycles. The van der Waals surface area contributed by atoms with E-state index in [1.807, 2.05) is 29.7 Å². The number of nitrogens with zero attached hydrogens (tertiary/aromatic N) is 1. The Balaban J connectivity index is 1.43. The highest BCUT2D eigenvalue weighted by Crippen LogP contribution is 2.22. The molecule has 0 unspecified atom stereocenters. The van der Waals surface area contributed by atoms with Crippen LogP contribution in [0, 0.1) is 19.7 Å². The van der Waals surface area contributed by atoms with Crippen LogP contribution in [-0.2, 0) is 21.3 Å². The molecule has 0 fully saturated rings. The number of benzene rings is 3. The Labute approximate surface area is 214 Å². The van der Waals surface area contributed by atoms with Gasteiger partial charge in [0.25, 0.3) is 0 Å². The van der Waals surface area contributed by atoms with Crippen LogP contribution in [0.1, 0.15) is 37.7 Å². The van der Waals surface area contributed by atoms with Crippen molar-refractivity contribution in [2.24, 2.45) is 0 Å². The van der Waals surface area contributed by atoms with Gasteiger partial charge >= 0.3 is 5.97 Å². The van der Waals surface area contributed by atoms with Gasteiger partial charge in [0, 0.05) is 29.2 Å². The van der Waals surface area contributed by atoms with Crippen LogP contribution in [0.5, 0.6) is 0 Å². The minimum Gasteiger partial charge on any atom is -0.454 e. The van der Waals surface area contributed by atoms with E-state index >= 15 is 0 Å². The molecule has 0 radical (unpaired) electrons. The molecule has 1 heterocycles. The number of ketones is 1. The molecule has 190 valence electrons. The van der Waals surface area contributed by atoms with E-state index in [1.54, 1.807) is 37.3 Å². The Morgan fingerprint density at radius 3 is 2.32 bits per heavy atom. The molecule has 0 aliphatic carbocycles. The summed E-state index contributed by atoms with van der Waals surface area (Å²) in [6.45, 7) is 3.15. The fraction of sp³-hybridized carbons (Fsp3) is 0.143. The zero-order valence-corrected chi connectivity index (χ0v) is 21.1. The molecule has 0 saturated carbocycles. The normalized spacial score (nSPS) is 11.3. The van der Waals surface area contributed by atoms with E-state index in [9.17, 15) is 22.4 Å². The quantitative estimate of drug-likeness (QED) is 0.254. The van der Waals surface area contributed by atoms with Crippen molar-refractivity contribution in [2.75, 3.05) is 6.61 Å². The number of halogens is 1. The first-order valence-corrected chi connectivity index (χ1v) is 12.9. The topological polar surface area (TPSA) is 94.5 Å². The van der Waals surface area contributed by atoms with Crippen molar-refractivity contribution in [3.05, 3.63) is 119 Å². The summed E-state index contributed by atoms with van der Waals surface area (Å²) < 4.78 is 48.2. The lowest BCUT2D eigenvalue weighted by molar-refractivity contribution is 0.0474. The van der Waals surface area contributed by atoms with Gasteiger partial charge in [-0.25, -0.2) is 22.3 Å². The van der Waals surface area contributed by atoms with E-state index in [2.05, 4.69) is 4.72 Å². The average molecular weight is 521 g/mol. The summed E-state index contributed by atoms with van der Waals surface area (Å²) in [5, 5.41) is 0. The van der Waals surface area contributed by atoms with Crippen molar-refractivity contribution >= 4 is 21.8 Å². The largest absolute Gasteiger partial charge is 0.454 e. The summed E-state index contributed by atoms with van der Waals surface area (Å²) in [7, 11) is -3.88. The van der Waals surface area contributed by atoms with E-state index in [-0.39, 0.29) is 22.8 Å². The second kappa shape index (κ2) is 10.9. The predicted octanol–water partition coefficient (Wildman–Crippen LogP) is 4.75. The maximum absolute atomic E-state index is 13.3. The summed E-state index contributed by atoms with van der Waals surface area (Å²) in [6.07, 6.45) is 0. The van der Waals surface area contributed by atoms with Crippen LogP contribution in [-0.4, -0.2) is 31.3 Å². The fourth-order valence-corrected chi connectivity index (χ4v) is 5.04. The molecule has 0 atom stereocenters. The number of carbonyl (C=O) groups is 2. The average Bonchev–Trinajstić information content (AvgIpc) is 3.20. The van der Waals surface area contributed by atoms with Crippen LogP contribution in [0.2, 0.25) is 0 Å². The maximum Gasteiger partial charge on any atom is 0.338 e. The molecule has 3 aromatic carbocycles. The number of hydrogen-bond acceptors (Lipinski definition) is 5. The maximum atomic E-state index is 13.3. The number of aromatic nitrogens is 1. The number of carbonyl (C=O) groups excluding carboxylic acids is 2. The number of ether oxygens (including phenoxy) is 1. The number of Topliss-reactive ketones (excluding diaryl/α,β-unsaturated/α-hetero) is 1. The second-order valence-electron chi connectivity index (χ2n) is 8.43. The van der Waals surface area contributed by atoms with Crippen molar-refractivity contribution in [3.63, 3.8) is 0 Å². The summed E-state index contributed by atoms with van der Waals surface area (Å²) in [5.41, 5.74) is 3.26. The number of aryl methyl sites for hydroxylation is 1. The molecular weight excluding hydrogens is 495 g/mol. The van der Waals surface area contributed by atoms with Crippen LogP contribution in [0.4, 0.5) is 4.39 Å². The van der Waals surface area contributed by atoms with Crippen LogP contribution in [0.3, 0.4) is 0 Å². The predicted molar refractivity (Wildman–Crippen MR) is 137 cm³/mol. The Kier molecular flexibility index (Phi) is 7.66. The zero-order valence-electron chi connectivity index (χ0n) is 20.3. The number of sulfonamides is 1. The highest BCUT2D eigenvalue weighted by Gasteiger charge is 2.20. The van der Waals surface area contributed by atoms with E-state index in [0.29, 0.717) is 16.9 Å². The molecule has 9 heteroatoms. The molecule has 0 saturated heterocycles. The van der Waals surface area contributed by atoms with Crippen molar-refractivity contribution in [1.29, 1.82) is 0 Å². The lowest BCUT2D eigenvalue weighted by atomic mass is 10.1. The molecule has 0 aliphatic heterocycles. The lowest BCUT2D eigenvalue weighted by Crippen LogP contribution is -2.23. The van der Waals surface area contributed by atoms with E-state index in [1.165, 1.54) is 36.4 Å². The zero-order chi connectivity index (χ0) is 26.6. The van der Waals surface area contributed by atoms with Gasteiger partial charge in [-0.05, 0) is 67.9 Å². The van der Waals surface area contributed by atoms with E-state index in [4.69, 9.17) is 4.74 Å². The number of esters is 1. The first-order chi connectivity index (χ1) is 17.7. The highest BCUT2D eigenvalue weighted by atomic mass is 32.2.